The number of nitrogens with one attached hydrogen (secondary N) is 1. The number of unbranched alkanes of at least 4 members (excludes halogenated alkanes) is 2. The molecule has 3 aliphatic rings. The number of carbonyl (C=O) groups is 3. The topological polar surface area (TPSA) is 108 Å². The van der Waals surface area contributed by atoms with Crippen molar-refractivity contribution >= 4 is 45.1 Å². The molecule has 204 valence electrons. The first-order valence-corrected chi connectivity index (χ1v) is 14.3. The van der Waals surface area contributed by atoms with Gasteiger partial charge in [0.25, 0.3) is 0 Å². The van der Waals surface area contributed by atoms with Crippen molar-refractivity contribution in [3.05, 3.63) is 24.3 Å². The van der Waals surface area contributed by atoms with E-state index in [1.54, 1.807) is 11.8 Å². The number of aliphatic hydroxyl groups excluding tert-OH is 1. The van der Waals surface area contributed by atoms with Crippen LogP contribution < -0.4 is 10.2 Å². The van der Waals surface area contributed by atoms with Crippen LogP contribution >= 0.6 is 15.9 Å². The molecule has 3 aliphatic heterocycles. The van der Waals surface area contributed by atoms with Crippen LogP contribution in [0.15, 0.2) is 24.3 Å². The van der Waals surface area contributed by atoms with E-state index in [2.05, 4.69) is 40.0 Å². The zero-order chi connectivity index (χ0) is 26.7. The summed E-state index contributed by atoms with van der Waals surface area (Å²) < 4.78 is 11.8. The second kappa shape index (κ2) is 11.7. The van der Waals surface area contributed by atoms with Crippen molar-refractivity contribution in [3.8, 4) is 0 Å². The Bertz CT molecular complexity index is 987. The quantitative estimate of drug-likeness (QED) is 0.222. The summed E-state index contributed by atoms with van der Waals surface area (Å²) in [4.78, 5) is 44.3. The Hall–Kier alpha value is -2.17. The molecule has 3 fully saturated rings. The summed E-state index contributed by atoms with van der Waals surface area (Å²) in [7, 11) is 0. The smallest absolute Gasteiger partial charge is 0.312 e. The molecule has 6 atom stereocenters. The Morgan fingerprint density at radius 1 is 1.19 bits per heavy atom. The van der Waals surface area contributed by atoms with E-state index in [4.69, 9.17) is 14.6 Å². The largest absolute Gasteiger partial charge is 0.466 e. The van der Waals surface area contributed by atoms with Crippen molar-refractivity contribution in [1.29, 1.82) is 0 Å². The molecule has 1 spiro atoms. The summed E-state index contributed by atoms with van der Waals surface area (Å²) in [6.07, 6.45) is 1.93. The maximum absolute atomic E-state index is 13.9. The summed E-state index contributed by atoms with van der Waals surface area (Å²) in [6, 6.07) is 6.80. The average molecular weight is 581 g/mol. The maximum Gasteiger partial charge on any atom is 0.312 e. The molecule has 10 heteroatoms. The predicted octanol–water partition coefficient (Wildman–Crippen LogP) is 2.95. The fourth-order valence-electron chi connectivity index (χ4n) is 6.30. The molecule has 3 unspecified atom stereocenters. The monoisotopic (exact) mass is 579 g/mol. The molecule has 0 radical (unpaired) electrons. The number of halogens is 1. The van der Waals surface area contributed by atoms with E-state index in [0.717, 1.165) is 25.2 Å². The van der Waals surface area contributed by atoms with Gasteiger partial charge in [0.15, 0.2) is 0 Å². The fourth-order valence-corrected chi connectivity index (χ4v) is 7.25. The third-order valence-electron chi connectivity index (χ3n) is 7.92. The van der Waals surface area contributed by atoms with Crippen molar-refractivity contribution in [2.75, 3.05) is 43.1 Å². The van der Waals surface area contributed by atoms with Gasteiger partial charge in [-0.2, -0.15) is 0 Å². The van der Waals surface area contributed by atoms with Gasteiger partial charge in [-0.1, -0.05) is 15.9 Å². The highest BCUT2D eigenvalue weighted by Crippen LogP contribution is 2.60. The summed E-state index contributed by atoms with van der Waals surface area (Å²) in [6.45, 7) is 8.34. The number of aliphatic hydroxyl groups is 1. The summed E-state index contributed by atoms with van der Waals surface area (Å²) >= 11 is 3.65. The van der Waals surface area contributed by atoms with Gasteiger partial charge in [0.2, 0.25) is 11.8 Å². The molecule has 1 aromatic rings. The Kier molecular flexibility index (Phi) is 8.81. The highest BCUT2D eigenvalue weighted by Gasteiger charge is 2.76. The molecule has 0 aromatic heterocycles. The molecule has 2 bridgehead atoms. The normalized spacial score (nSPS) is 29.9. The maximum atomic E-state index is 13.9. The van der Waals surface area contributed by atoms with E-state index in [1.807, 2.05) is 24.3 Å². The van der Waals surface area contributed by atoms with E-state index >= 15 is 0 Å². The molecule has 2 amide bonds. The van der Waals surface area contributed by atoms with E-state index < -0.39 is 35.6 Å². The zero-order valence-corrected chi connectivity index (χ0v) is 23.4. The molecule has 0 aliphatic carbocycles. The van der Waals surface area contributed by atoms with Crippen LogP contribution in [0, 0.1) is 11.8 Å². The molecule has 2 N–H and O–H groups in total. The van der Waals surface area contributed by atoms with Crippen molar-refractivity contribution in [3.63, 3.8) is 0 Å². The fraction of sp³-hybridized carbons (Fsp3) is 0.667. The van der Waals surface area contributed by atoms with E-state index in [1.165, 1.54) is 0 Å². The van der Waals surface area contributed by atoms with Gasteiger partial charge in [0.05, 0.1) is 24.5 Å². The van der Waals surface area contributed by atoms with Gasteiger partial charge in [-0.3, -0.25) is 14.4 Å². The second-order valence-electron chi connectivity index (χ2n) is 9.94. The lowest BCUT2D eigenvalue weighted by molar-refractivity contribution is -0.154. The number of nitrogens with zero attached hydrogens (tertiary/aromatic N) is 2. The number of hydrogen-bond donors (Lipinski definition) is 2. The molecule has 37 heavy (non-hydrogen) atoms. The first-order chi connectivity index (χ1) is 17.8. The van der Waals surface area contributed by atoms with Crippen LogP contribution in [-0.4, -0.2) is 83.2 Å². The third-order valence-corrected chi connectivity index (χ3v) is 8.76. The Labute approximate surface area is 227 Å². The number of amides is 2. The second-order valence-corrected chi connectivity index (χ2v) is 11.1. The Morgan fingerprint density at radius 2 is 1.89 bits per heavy atom. The van der Waals surface area contributed by atoms with Crippen LogP contribution in [0.4, 0.5) is 11.4 Å². The van der Waals surface area contributed by atoms with Crippen LogP contribution in [0.1, 0.15) is 46.5 Å². The molecule has 3 heterocycles. The van der Waals surface area contributed by atoms with E-state index in [-0.39, 0.29) is 29.9 Å². The number of carbonyl (C=O) groups excluding carboxylic acids is 3. The third kappa shape index (κ3) is 5.00. The van der Waals surface area contributed by atoms with Gasteiger partial charge in [-0.25, -0.2) is 0 Å². The van der Waals surface area contributed by atoms with Crippen LogP contribution in [0.2, 0.25) is 0 Å². The van der Waals surface area contributed by atoms with Gasteiger partial charge >= 0.3 is 5.97 Å². The highest BCUT2D eigenvalue weighted by atomic mass is 79.9. The van der Waals surface area contributed by atoms with Crippen LogP contribution in [0.3, 0.4) is 0 Å². The van der Waals surface area contributed by atoms with Gasteiger partial charge < -0.3 is 29.7 Å². The number of benzene rings is 1. The number of rotatable bonds is 12. The van der Waals surface area contributed by atoms with E-state index in [0.29, 0.717) is 31.5 Å². The molecule has 9 nitrogen and oxygen atoms in total. The minimum Gasteiger partial charge on any atom is -0.466 e. The lowest BCUT2D eigenvalue weighted by Gasteiger charge is -2.34. The molecule has 0 saturated carbocycles. The number of fused-ring (bicyclic) bond motifs is 1. The lowest BCUT2D eigenvalue weighted by atomic mass is 9.70. The first-order valence-electron chi connectivity index (χ1n) is 13.4. The standard InChI is InChI=1S/C27H38BrN3O6/c1-4-30(5-2)18-12-10-17(11-13-18)29-24(33)23-27-16-19(28)22(37-27)20(26(35)36-6-3)21(27)25(34)31(23)14-8-7-9-15-32/h10-13,19-23,32H,4-9,14-16H2,1-3H3,(H,29,33)/t19?,20-,21-,22-,23?,27?/m0/s1. The van der Waals surface area contributed by atoms with Gasteiger partial charge in [-0.05, 0) is 70.7 Å². The van der Waals surface area contributed by atoms with Crippen molar-refractivity contribution < 1.29 is 29.0 Å². The molecule has 4 rings (SSSR count). The molecular formula is C27H38BrN3O6. The number of alkyl halides is 1. The first kappa shape index (κ1) is 27.9. The van der Waals surface area contributed by atoms with E-state index in [9.17, 15) is 14.4 Å². The summed E-state index contributed by atoms with van der Waals surface area (Å²) in [5, 5.41) is 12.2. The van der Waals surface area contributed by atoms with Crippen molar-refractivity contribution in [2.45, 2.75) is 69.0 Å². The molecule has 1 aromatic carbocycles. The highest BCUT2D eigenvalue weighted by molar-refractivity contribution is 9.09. The van der Waals surface area contributed by atoms with Crippen molar-refractivity contribution in [2.24, 2.45) is 11.8 Å². The molecule has 3 saturated heterocycles. The number of anilines is 2. The Morgan fingerprint density at radius 3 is 2.51 bits per heavy atom. The summed E-state index contributed by atoms with van der Waals surface area (Å²) in [5.41, 5.74) is 0.606. The number of likely N-dealkylation sites (tertiary alicyclic amines) is 1. The van der Waals surface area contributed by atoms with Gasteiger partial charge in [-0.15, -0.1) is 0 Å². The average Bonchev–Trinajstić information content (AvgIpc) is 3.47. The van der Waals surface area contributed by atoms with Gasteiger partial charge in [0, 0.05) is 42.4 Å². The number of esters is 1. The lowest BCUT2D eigenvalue weighted by Crippen LogP contribution is -2.54. The number of ether oxygens (including phenoxy) is 2. The van der Waals surface area contributed by atoms with Crippen LogP contribution in [0.25, 0.3) is 0 Å². The van der Waals surface area contributed by atoms with Crippen LogP contribution in [0.5, 0.6) is 0 Å². The predicted molar refractivity (Wildman–Crippen MR) is 144 cm³/mol. The SMILES string of the molecule is CCOC(=O)[C@H]1[C@H]2C(=O)N(CCCCCO)C(C(=O)Nc3ccc(N(CC)CC)cc3)C23CC(Br)[C@@H]1O3. The number of hydrogen-bond acceptors (Lipinski definition) is 7. The zero-order valence-electron chi connectivity index (χ0n) is 21.8. The van der Waals surface area contributed by atoms with Crippen LogP contribution in [-0.2, 0) is 23.9 Å². The minimum absolute atomic E-state index is 0.0783. The Balaban J connectivity index is 1.62. The summed E-state index contributed by atoms with van der Waals surface area (Å²) in [5.74, 6) is -2.52. The molecular weight excluding hydrogens is 542 g/mol. The van der Waals surface area contributed by atoms with Gasteiger partial charge in [0.1, 0.15) is 11.6 Å². The minimum atomic E-state index is -1.10. The van der Waals surface area contributed by atoms with Crippen molar-refractivity contribution in [1.82, 2.24) is 4.90 Å².